The van der Waals surface area contributed by atoms with Crippen LogP contribution in [0, 0.1) is 0 Å². The van der Waals surface area contributed by atoms with E-state index in [4.69, 9.17) is 5.73 Å². The number of benzene rings is 1. The zero-order valence-corrected chi connectivity index (χ0v) is 11.8. The van der Waals surface area contributed by atoms with Crippen molar-refractivity contribution in [1.82, 2.24) is 4.98 Å². The van der Waals surface area contributed by atoms with Crippen LogP contribution < -0.4 is 11.1 Å². The summed E-state index contributed by atoms with van der Waals surface area (Å²) in [7, 11) is 0. The maximum atomic E-state index is 5.64. The molecule has 0 spiro atoms. The van der Waals surface area contributed by atoms with Crippen LogP contribution in [0.2, 0.25) is 0 Å². The zero-order chi connectivity index (χ0) is 13.9. The number of anilines is 2. The maximum absolute atomic E-state index is 5.64. The molecule has 0 saturated carbocycles. The largest absolute Gasteiger partial charge is 0.340 e. The van der Waals surface area contributed by atoms with Gasteiger partial charge < -0.3 is 11.1 Å². The molecule has 1 heterocycles. The zero-order valence-electron chi connectivity index (χ0n) is 11.8. The molecule has 0 aliphatic carbocycles. The molecule has 3 nitrogen and oxygen atoms in total. The first-order valence-electron chi connectivity index (χ1n) is 6.51. The van der Waals surface area contributed by atoms with Crippen LogP contribution in [0.5, 0.6) is 0 Å². The molecule has 0 fully saturated rings. The predicted octanol–water partition coefficient (Wildman–Crippen LogP) is 3.58. The lowest BCUT2D eigenvalue weighted by Crippen LogP contribution is -2.11. The number of nitrogens with one attached hydrogen (secondary N) is 1. The number of rotatable bonds is 3. The summed E-state index contributed by atoms with van der Waals surface area (Å²) in [5, 5.41) is 3.29. The first-order valence-corrected chi connectivity index (χ1v) is 6.51. The van der Waals surface area contributed by atoms with Gasteiger partial charge in [-0.1, -0.05) is 39.0 Å². The maximum Gasteiger partial charge on any atom is 0.130 e. The Morgan fingerprint density at radius 3 is 2.53 bits per heavy atom. The summed E-state index contributed by atoms with van der Waals surface area (Å²) in [6, 6.07) is 12.2. The van der Waals surface area contributed by atoms with Gasteiger partial charge in [0.2, 0.25) is 0 Å². The Morgan fingerprint density at radius 1 is 1.16 bits per heavy atom. The fourth-order valence-electron chi connectivity index (χ4n) is 1.84. The fraction of sp³-hybridized carbons (Fsp3) is 0.312. The highest BCUT2D eigenvalue weighted by atomic mass is 15.0. The van der Waals surface area contributed by atoms with Gasteiger partial charge in [0.15, 0.2) is 0 Å². The van der Waals surface area contributed by atoms with Gasteiger partial charge >= 0.3 is 0 Å². The van der Waals surface area contributed by atoms with Crippen LogP contribution in [-0.4, -0.2) is 4.98 Å². The average Bonchev–Trinajstić information content (AvgIpc) is 2.38. The molecule has 0 aliphatic rings. The highest BCUT2D eigenvalue weighted by molar-refractivity contribution is 5.57. The molecule has 0 saturated heterocycles. The molecule has 0 amide bonds. The third-order valence-corrected chi connectivity index (χ3v) is 3.06. The van der Waals surface area contributed by atoms with E-state index >= 15 is 0 Å². The number of pyridine rings is 1. The lowest BCUT2D eigenvalue weighted by Gasteiger charge is -2.18. The number of aromatic nitrogens is 1. The van der Waals surface area contributed by atoms with Crippen molar-refractivity contribution in [2.45, 2.75) is 32.7 Å². The second kappa shape index (κ2) is 5.41. The topological polar surface area (TPSA) is 50.9 Å². The van der Waals surface area contributed by atoms with Crippen LogP contribution in [0.1, 0.15) is 31.9 Å². The second-order valence-corrected chi connectivity index (χ2v) is 5.71. The molecule has 0 atom stereocenters. The van der Waals surface area contributed by atoms with Gasteiger partial charge in [0, 0.05) is 18.4 Å². The van der Waals surface area contributed by atoms with Crippen LogP contribution in [0.25, 0.3) is 0 Å². The molecule has 2 aromatic rings. The predicted molar refractivity (Wildman–Crippen MR) is 80.6 cm³/mol. The molecule has 100 valence electrons. The summed E-state index contributed by atoms with van der Waals surface area (Å²) in [6.45, 7) is 7.09. The molecule has 0 aliphatic heterocycles. The van der Waals surface area contributed by atoms with Crippen molar-refractivity contribution in [2.24, 2.45) is 5.73 Å². The van der Waals surface area contributed by atoms with Crippen molar-refractivity contribution < 1.29 is 0 Å². The molecule has 1 aromatic carbocycles. The minimum Gasteiger partial charge on any atom is -0.340 e. The van der Waals surface area contributed by atoms with Crippen LogP contribution in [0.3, 0.4) is 0 Å². The summed E-state index contributed by atoms with van der Waals surface area (Å²) in [5.41, 5.74) is 9.12. The number of nitrogens with two attached hydrogens (primary N) is 1. The molecular formula is C16H21N3. The SMILES string of the molecule is CC(C)(C)c1ccc(Nc2cccc(CN)c2)nc1. The second-order valence-electron chi connectivity index (χ2n) is 5.71. The Morgan fingerprint density at radius 2 is 1.95 bits per heavy atom. The van der Waals surface area contributed by atoms with Gasteiger partial charge in [-0.3, -0.25) is 0 Å². The van der Waals surface area contributed by atoms with Gasteiger partial charge in [0.1, 0.15) is 5.82 Å². The Balaban J connectivity index is 2.15. The Labute approximate surface area is 114 Å². The standard InChI is InChI=1S/C16H21N3/c1-16(2,3)13-7-8-15(18-11-13)19-14-6-4-5-12(9-14)10-17/h4-9,11H,10,17H2,1-3H3,(H,18,19). The van der Waals surface area contributed by atoms with Gasteiger partial charge in [0.05, 0.1) is 0 Å². The van der Waals surface area contributed by atoms with Gasteiger partial charge in [0.25, 0.3) is 0 Å². The van der Waals surface area contributed by atoms with E-state index in [0.717, 1.165) is 17.1 Å². The summed E-state index contributed by atoms with van der Waals surface area (Å²) in [4.78, 5) is 4.45. The Hall–Kier alpha value is -1.87. The van der Waals surface area contributed by atoms with E-state index in [2.05, 4.69) is 37.1 Å². The lowest BCUT2D eigenvalue weighted by atomic mass is 9.88. The first kappa shape index (κ1) is 13.6. The van der Waals surface area contributed by atoms with Crippen molar-refractivity contribution >= 4 is 11.5 Å². The van der Waals surface area contributed by atoms with Gasteiger partial charge in [-0.2, -0.15) is 0 Å². The summed E-state index contributed by atoms with van der Waals surface area (Å²) in [6.07, 6.45) is 1.93. The highest BCUT2D eigenvalue weighted by Gasteiger charge is 2.13. The summed E-state index contributed by atoms with van der Waals surface area (Å²) >= 11 is 0. The quantitative estimate of drug-likeness (QED) is 0.881. The fourth-order valence-corrected chi connectivity index (χ4v) is 1.84. The molecule has 3 heteroatoms. The van der Waals surface area contributed by atoms with E-state index < -0.39 is 0 Å². The van der Waals surface area contributed by atoms with Crippen molar-refractivity contribution in [2.75, 3.05) is 5.32 Å². The van der Waals surface area contributed by atoms with E-state index in [1.165, 1.54) is 5.56 Å². The van der Waals surface area contributed by atoms with Crippen molar-refractivity contribution in [1.29, 1.82) is 0 Å². The van der Waals surface area contributed by atoms with Crippen LogP contribution >= 0.6 is 0 Å². The van der Waals surface area contributed by atoms with Gasteiger partial charge in [-0.25, -0.2) is 4.98 Å². The smallest absolute Gasteiger partial charge is 0.130 e. The molecule has 1 aromatic heterocycles. The van der Waals surface area contributed by atoms with Gasteiger partial charge in [-0.15, -0.1) is 0 Å². The van der Waals surface area contributed by atoms with E-state index in [-0.39, 0.29) is 5.41 Å². The van der Waals surface area contributed by atoms with E-state index in [9.17, 15) is 0 Å². The van der Waals surface area contributed by atoms with Crippen LogP contribution in [-0.2, 0) is 12.0 Å². The first-order chi connectivity index (χ1) is 8.99. The number of nitrogens with zero attached hydrogens (tertiary/aromatic N) is 1. The third kappa shape index (κ3) is 3.55. The lowest BCUT2D eigenvalue weighted by molar-refractivity contribution is 0.587. The third-order valence-electron chi connectivity index (χ3n) is 3.06. The van der Waals surface area contributed by atoms with E-state index in [0.29, 0.717) is 6.54 Å². The molecule has 0 radical (unpaired) electrons. The van der Waals surface area contributed by atoms with Gasteiger partial charge in [-0.05, 0) is 34.7 Å². The average molecular weight is 255 g/mol. The monoisotopic (exact) mass is 255 g/mol. The normalized spacial score (nSPS) is 11.4. The van der Waals surface area contributed by atoms with Crippen LogP contribution in [0.4, 0.5) is 11.5 Å². The minimum absolute atomic E-state index is 0.130. The molecule has 3 N–H and O–H groups in total. The van der Waals surface area contributed by atoms with Crippen molar-refractivity contribution in [3.8, 4) is 0 Å². The number of hydrogen-bond donors (Lipinski definition) is 2. The van der Waals surface area contributed by atoms with Crippen molar-refractivity contribution in [3.63, 3.8) is 0 Å². The molecular weight excluding hydrogens is 234 g/mol. The summed E-state index contributed by atoms with van der Waals surface area (Å²) in [5.74, 6) is 0.849. The van der Waals surface area contributed by atoms with Crippen molar-refractivity contribution in [3.05, 3.63) is 53.7 Å². The number of hydrogen-bond acceptors (Lipinski definition) is 3. The molecule has 0 unspecified atom stereocenters. The van der Waals surface area contributed by atoms with Crippen LogP contribution in [0.15, 0.2) is 42.6 Å². The molecule has 0 bridgehead atoms. The Kier molecular flexibility index (Phi) is 3.86. The highest BCUT2D eigenvalue weighted by Crippen LogP contribution is 2.23. The van der Waals surface area contributed by atoms with E-state index in [1.54, 1.807) is 0 Å². The van der Waals surface area contributed by atoms with E-state index in [1.807, 2.05) is 36.5 Å². The molecule has 2 rings (SSSR count). The minimum atomic E-state index is 0.130. The Bertz CT molecular complexity index is 539. The molecule has 19 heavy (non-hydrogen) atoms. The summed E-state index contributed by atoms with van der Waals surface area (Å²) < 4.78 is 0.